The number of nitro benzene ring substituents is 1. The van der Waals surface area contributed by atoms with Crippen LogP contribution in [0.5, 0.6) is 5.75 Å². The minimum Gasteiger partial charge on any atom is -0.490 e. The summed E-state index contributed by atoms with van der Waals surface area (Å²) in [7, 11) is 1.41. The van der Waals surface area contributed by atoms with Gasteiger partial charge in [-0.3, -0.25) is 14.9 Å². The fraction of sp³-hybridized carbons (Fsp3) is 0.278. The van der Waals surface area contributed by atoms with Crippen LogP contribution in [0.4, 0.5) is 17.1 Å². The predicted molar refractivity (Wildman–Crippen MR) is 94.8 cm³/mol. The number of hydrogen-bond donors (Lipinski definition) is 2. The normalized spacial score (nSPS) is 13.2. The maximum atomic E-state index is 11.7. The number of benzene rings is 2. The second-order valence-corrected chi connectivity index (χ2v) is 5.96. The van der Waals surface area contributed by atoms with Crippen molar-refractivity contribution < 1.29 is 14.5 Å². The number of nitrogens with one attached hydrogen (secondary N) is 2. The monoisotopic (exact) mass is 341 g/mol. The van der Waals surface area contributed by atoms with E-state index < -0.39 is 4.92 Å². The molecular weight excluding hydrogens is 322 g/mol. The quantitative estimate of drug-likeness (QED) is 0.593. The molecule has 0 spiro atoms. The number of amides is 1. The van der Waals surface area contributed by atoms with Gasteiger partial charge in [-0.1, -0.05) is 6.07 Å². The fourth-order valence-electron chi connectivity index (χ4n) is 2.45. The summed E-state index contributed by atoms with van der Waals surface area (Å²) >= 11 is 0. The lowest BCUT2D eigenvalue weighted by molar-refractivity contribution is -0.385. The van der Waals surface area contributed by atoms with Crippen LogP contribution in [0.1, 0.15) is 18.4 Å². The van der Waals surface area contributed by atoms with Crippen molar-refractivity contribution in [2.75, 3.05) is 17.7 Å². The van der Waals surface area contributed by atoms with Crippen molar-refractivity contribution in [2.45, 2.75) is 19.4 Å². The van der Waals surface area contributed by atoms with Gasteiger partial charge < -0.3 is 15.4 Å². The number of carbonyl (C=O) groups is 1. The smallest absolute Gasteiger partial charge is 0.311 e. The van der Waals surface area contributed by atoms with Crippen LogP contribution in [-0.2, 0) is 11.3 Å². The lowest BCUT2D eigenvalue weighted by atomic mass is 10.1. The van der Waals surface area contributed by atoms with Gasteiger partial charge in [0.15, 0.2) is 5.75 Å². The highest BCUT2D eigenvalue weighted by atomic mass is 16.6. The summed E-state index contributed by atoms with van der Waals surface area (Å²) in [5.41, 5.74) is 2.35. The van der Waals surface area contributed by atoms with Crippen LogP contribution in [0.15, 0.2) is 42.5 Å². The third kappa shape index (κ3) is 4.26. The molecule has 0 aliphatic heterocycles. The zero-order valence-corrected chi connectivity index (χ0v) is 13.8. The fourth-order valence-corrected chi connectivity index (χ4v) is 2.45. The third-order valence-electron chi connectivity index (χ3n) is 4.04. The molecular formula is C18H19N3O4. The van der Waals surface area contributed by atoms with E-state index in [2.05, 4.69) is 10.6 Å². The molecule has 2 aromatic rings. The summed E-state index contributed by atoms with van der Waals surface area (Å²) < 4.78 is 4.99. The molecule has 2 aromatic carbocycles. The van der Waals surface area contributed by atoms with E-state index in [4.69, 9.17) is 4.74 Å². The zero-order valence-electron chi connectivity index (χ0n) is 13.8. The van der Waals surface area contributed by atoms with Crippen molar-refractivity contribution in [1.29, 1.82) is 0 Å². The molecule has 0 unspecified atom stereocenters. The standard InChI is InChI=1S/C18H19N3O4/c1-25-17-9-2-12(10-16(17)21(23)24)11-19-14-5-7-15(8-6-14)20-18(22)13-3-4-13/h2,5-10,13,19H,3-4,11H2,1H3,(H,20,22). The maximum absolute atomic E-state index is 11.7. The van der Waals surface area contributed by atoms with E-state index in [1.54, 1.807) is 12.1 Å². The summed E-state index contributed by atoms with van der Waals surface area (Å²) in [6.07, 6.45) is 1.94. The number of nitro groups is 1. The van der Waals surface area contributed by atoms with Gasteiger partial charge in [-0.2, -0.15) is 0 Å². The molecule has 0 radical (unpaired) electrons. The zero-order chi connectivity index (χ0) is 17.8. The van der Waals surface area contributed by atoms with E-state index in [0.717, 1.165) is 29.8 Å². The molecule has 0 heterocycles. The van der Waals surface area contributed by atoms with Gasteiger partial charge in [-0.25, -0.2) is 0 Å². The Kier molecular flexibility index (Phi) is 4.83. The molecule has 1 amide bonds. The Labute approximate surface area is 145 Å². The molecule has 0 bridgehead atoms. The number of rotatable bonds is 7. The van der Waals surface area contributed by atoms with Crippen LogP contribution in [0.3, 0.4) is 0 Å². The Balaban J connectivity index is 1.60. The van der Waals surface area contributed by atoms with E-state index >= 15 is 0 Å². The number of methoxy groups -OCH3 is 1. The Morgan fingerprint density at radius 1 is 1.20 bits per heavy atom. The van der Waals surface area contributed by atoms with E-state index in [-0.39, 0.29) is 23.3 Å². The Hall–Kier alpha value is -3.09. The lowest BCUT2D eigenvalue weighted by Gasteiger charge is -2.09. The van der Waals surface area contributed by atoms with Gasteiger partial charge in [0.1, 0.15) is 0 Å². The van der Waals surface area contributed by atoms with Crippen LogP contribution in [0.2, 0.25) is 0 Å². The first-order valence-electron chi connectivity index (χ1n) is 8.03. The number of hydrogen-bond acceptors (Lipinski definition) is 5. The van der Waals surface area contributed by atoms with Gasteiger partial charge in [0.25, 0.3) is 0 Å². The molecule has 7 heteroatoms. The van der Waals surface area contributed by atoms with Gasteiger partial charge in [0.05, 0.1) is 12.0 Å². The number of carbonyl (C=O) groups excluding carboxylic acids is 1. The van der Waals surface area contributed by atoms with Crippen LogP contribution in [-0.4, -0.2) is 17.9 Å². The van der Waals surface area contributed by atoms with Crippen molar-refractivity contribution in [1.82, 2.24) is 0 Å². The Morgan fingerprint density at radius 3 is 2.48 bits per heavy atom. The van der Waals surface area contributed by atoms with Crippen LogP contribution in [0.25, 0.3) is 0 Å². The molecule has 2 N–H and O–H groups in total. The number of nitrogens with zero attached hydrogens (tertiary/aromatic N) is 1. The van der Waals surface area contributed by atoms with Crippen molar-refractivity contribution in [3.8, 4) is 5.75 Å². The minimum absolute atomic E-state index is 0.0556. The molecule has 0 atom stereocenters. The summed E-state index contributed by atoms with van der Waals surface area (Å²) in [6, 6.07) is 12.3. The SMILES string of the molecule is COc1ccc(CNc2ccc(NC(=O)C3CC3)cc2)cc1[N+](=O)[O-]. The van der Waals surface area contributed by atoms with Gasteiger partial charge in [-0.15, -0.1) is 0 Å². The van der Waals surface area contributed by atoms with Crippen LogP contribution < -0.4 is 15.4 Å². The molecule has 0 aromatic heterocycles. The highest BCUT2D eigenvalue weighted by molar-refractivity contribution is 5.94. The van der Waals surface area contributed by atoms with Gasteiger partial charge in [0, 0.05) is 29.9 Å². The molecule has 0 saturated heterocycles. The van der Waals surface area contributed by atoms with Gasteiger partial charge >= 0.3 is 5.69 Å². The lowest BCUT2D eigenvalue weighted by Crippen LogP contribution is -2.13. The van der Waals surface area contributed by atoms with Gasteiger partial charge in [-0.05, 0) is 48.7 Å². The molecule has 130 valence electrons. The van der Waals surface area contributed by atoms with E-state index in [1.807, 2.05) is 24.3 Å². The minimum atomic E-state index is -0.459. The van der Waals surface area contributed by atoms with Crippen molar-refractivity contribution in [2.24, 2.45) is 5.92 Å². The van der Waals surface area contributed by atoms with Crippen molar-refractivity contribution in [3.63, 3.8) is 0 Å². The Bertz CT molecular complexity index is 785. The summed E-state index contributed by atoms with van der Waals surface area (Å²) in [5.74, 6) is 0.486. The maximum Gasteiger partial charge on any atom is 0.311 e. The molecule has 7 nitrogen and oxygen atoms in total. The average molecular weight is 341 g/mol. The Morgan fingerprint density at radius 2 is 1.88 bits per heavy atom. The van der Waals surface area contributed by atoms with E-state index in [9.17, 15) is 14.9 Å². The summed E-state index contributed by atoms with van der Waals surface area (Å²) in [5, 5.41) is 17.1. The molecule has 1 aliphatic carbocycles. The predicted octanol–water partition coefficient (Wildman–Crippen LogP) is 3.56. The summed E-state index contributed by atoms with van der Waals surface area (Å²) in [6.45, 7) is 0.443. The van der Waals surface area contributed by atoms with E-state index in [0.29, 0.717) is 6.54 Å². The molecule has 1 aliphatic rings. The largest absolute Gasteiger partial charge is 0.490 e. The molecule has 25 heavy (non-hydrogen) atoms. The topological polar surface area (TPSA) is 93.5 Å². The first-order chi connectivity index (χ1) is 12.1. The van der Waals surface area contributed by atoms with Crippen LogP contribution in [0, 0.1) is 16.0 Å². The molecule has 1 saturated carbocycles. The summed E-state index contributed by atoms with van der Waals surface area (Å²) in [4.78, 5) is 22.3. The first-order valence-corrected chi connectivity index (χ1v) is 8.03. The number of ether oxygens (including phenoxy) is 1. The second-order valence-electron chi connectivity index (χ2n) is 5.96. The molecule has 1 fully saturated rings. The first kappa shape index (κ1) is 16.8. The number of anilines is 2. The van der Waals surface area contributed by atoms with Crippen molar-refractivity contribution >= 4 is 23.0 Å². The highest BCUT2D eigenvalue weighted by Gasteiger charge is 2.29. The van der Waals surface area contributed by atoms with Gasteiger partial charge in [0.2, 0.25) is 5.91 Å². The molecule has 3 rings (SSSR count). The second kappa shape index (κ2) is 7.21. The third-order valence-corrected chi connectivity index (χ3v) is 4.04. The highest BCUT2D eigenvalue weighted by Crippen LogP contribution is 2.30. The van der Waals surface area contributed by atoms with Crippen molar-refractivity contribution in [3.05, 3.63) is 58.1 Å². The average Bonchev–Trinajstić information content (AvgIpc) is 3.46. The van der Waals surface area contributed by atoms with Crippen LogP contribution >= 0.6 is 0 Å². The van der Waals surface area contributed by atoms with E-state index in [1.165, 1.54) is 13.2 Å².